The number of rotatable bonds is 2. The minimum absolute atomic E-state index is 0.239. The van der Waals surface area contributed by atoms with E-state index in [1.807, 2.05) is 6.92 Å². The van der Waals surface area contributed by atoms with Gasteiger partial charge in [0, 0.05) is 18.8 Å². The molecule has 0 unspecified atom stereocenters. The van der Waals surface area contributed by atoms with E-state index in [9.17, 15) is 4.39 Å². The highest BCUT2D eigenvalue weighted by molar-refractivity contribution is 5.36. The standard InChI is InChI=1S/C11H15FN2O/c1-8-7-9(4-6-15-8)14-11-10(12)3-2-5-13-11/h2-3,5,8-9H,4,6-7H2,1H3,(H,13,14)/t8-,9+/m1/s1. The van der Waals surface area contributed by atoms with Crippen molar-refractivity contribution >= 4 is 5.82 Å². The summed E-state index contributed by atoms with van der Waals surface area (Å²) in [6, 6.07) is 3.27. The molecule has 0 spiro atoms. The number of nitrogens with zero attached hydrogens (tertiary/aromatic N) is 1. The van der Waals surface area contributed by atoms with Crippen LogP contribution in [0, 0.1) is 5.82 Å². The van der Waals surface area contributed by atoms with Gasteiger partial charge in [-0.2, -0.15) is 0 Å². The molecule has 1 aliphatic heterocycles. The summed E-state index contributed by atoms with van der Waals surface area (Å²) in [5.74, 6) is 0.0493. The highest BCUT2D eigenvalue weighted by atomic mass is 19.1. The van der Waals surface area contributed by atoms with Crippen molar-refractivity contribution in [3.63, 3.8) is 0 Å². The Kier molecular flexibility index (Phi) is 3.16. The molecule has 1 N–H and O–H groups in total. The van der Waals surface area contributed by atoms with Crippen molar-refractivity contribution in [2.75, 3.05) is 11.9 Å². The Labute approximate surface area is 88.7 Å². The fraction of sp³-hybridized carbons (Fsp3) is 0.545. The number of hydrogen-bond acceptors (Lipinski definition) is 3. The quantitative estimate of drug-likeness (QED) is 0.812. The topological polar surface area (TPSA) is 34.2 Å². The maximum atomic E-state index is 13.3. The van der Waals surface area contributed by atoms with E-state index in [4.69, 9.17) is 4.74 Å². The summed E-state index contributed by atoms with van der Waals surface area (Å²) in [5.41, 5.74) is 0. The number of aromatic nitrogens is 1. The number of halogens is 1. The molecule has 15 heavy (non-hydrogen) atoms. The normalized spacial score (nSPS) is 26.3. The van der Waals surface area contributed by atoms with E-state index in [2.05, 4.69) is 10.3 Å². The highest BCUT2D eigenvalue weighted by Crippen LogP contribution is 2.18. The summed E-state index contributed by atoms with van der Waals surface area (Å²) in [6.45, 7) is 2.76. The summed E-state index contributed by atoms with van der Waals surface area (Å²) in [7, 11) is 0. The van der Waals surface area contributed by atoms with E-state index in [0.29, 0.717) is 5.82 Å². The van der Waals surface area contributed by atoms with Gasteiger partial charge in [-0.05, 0) is 31.9 Å². The van der Waals surface area contributed by atoms with E-state index < -0.39 is 0 Å². The summed E-state index contributed by atoms with van der Waals surface area (Å²) in [6.07, 6.45) is 3.63. The lowest BCUT2D eigenvalue weighted by Gasteiger charge is -2.28. The van der Waals surface area contributed by atoms with Crippen LogP contribution in [0.1, 0.15) is 19.8 Å². The summed E-state index contributed by atoms with van der Waals surface area (Å²) >= 11 is 0. The van der Waals surface area contributed by atoms with Gasteiger partial charge >= 0.3 is 0 Å². The van der Waals surface area contributed by atoms with Crippen molar-refractivity contribution < 1.29 is 9.13 Å². The maximum absolute atomic E-state index is 13.3. The number of hydrogen-bond donors (Lipinski definition) is 1. The average molecular weight is 210 g/mol. The Bertz CT molecular complexity index is 332. The molecular weight excluding hydrogens is 195 g/mol. The van der Waals surface area contributed by atoms with Gasteiger partial charge in [0.15, 0.2) is 11.6 Å². The van der Waals surface area contributed by atoms with E-state index >= 15 is 0 Å². The molecule has 0 amide bonds. The van der Waals surface area contributed by atoms with Crippen LogP contribution in [0.25, 0.3) is 0 Å². The monoisotopic (exact) mass is 210 g/mol. The van der Waals surface area contributed by atoms with Gasteiger partial charge in [-0.15, -0.1) is 0 Å². The molecule has 1 saturated heterocycles. The van der Waals surface area contributed by atoms with Crippen molar-refractivity contribution in [2.45, 2.75) is 31.9 Å². The van der Waals surface area contributed by atoms with E-state index in [0.717, 1.165) is 19.4 Å². The SMILES string of the molecule is C[C@@H]1C[C@@H](Nc2ncccc2F)CCO1. The summed E-state index contributed by atoms with van der Waals surface area (Å²) < 4.78 is 18.7. The predicted molar refractivity (Wildman–Crippen MR) is 56.3 cm³/mol. The molecule has 1 aromatic heterocycles. The first kappa shape index (κ1) is 10.4. The van der Waals surface area contributed by atoms with Crippen LogP contribution in [-0.2, 0) is 4.74 Å². The zero-order valence-corrected chi connectivity index (χ0v) is 8.74. The smallest absolute Gasteiger partial charge is 0.165 e. The molecular formula is C11H15FN2O. The van der Waals surface area contributed by atoms with Crippen LogP contribution in [0.4, 0.5) is 10.2 Å². The van der Waals surface area contributed by atoms with Crippen molar-refractivity contribution in [3.8, 4) is 0 Å². The van der Waals surface area contributed by atoms with Gasteiger partial charge < -0.3 is 10.1 Å². The molecule has 0 aliphatic carbocycles. The van der Waals surface area contributed by atoms with Gasteiger partial charge in [0.2, 0.25) is 0 Å². The minimum Gasteiger partial charge on any atom is -0.378 e. The lowest BCUT2D eigenvalue weighted by Crippen LogP contribution is -2.33. The largest absolute Gasteiger partial charge is 0.378 e. The lowest BCUT2D eigenvalue weighted by atomic mass is 10.0. The molecule has 4 heteroatoms. The lowest BCUT2D eigenvalue weighted by molar-refractivity contribution is 0.0231. The van der Waals surface area contributed by atoms with Gasteiger partial charge in [-0.1, -0.05) is 0 Å². The highest BCUT2D eigenvalue weighted by Gasteiger charge is 2.20. The fourth-order valence-electron chi connectivity index (χ4n) is 1.81. The van der Waals surface area contributed by atoms with Gasteiger partial charge in [0.05, 0.1) is 6.10 Å². The minimum atomic E-state index is -0.295. The molecule has 1 fully saturated rings. The third-order valence-electron chi connectivity index (χ3n) is 2.58. The van der Waals surface area contributed by atoms with Crippen molar-refractivity contribution in [2.24, 2.45) is 0 Å². The van der Waals surface area contributed by atoms with Crippen LogP contribution >= 0.6 is 0 Å². The summed E-state index contributed by atoms with van der Waals surface area (Å²) in [5, 5.41) is 3.11. The third-order valence-corrected chi connectivity index (χ3v) is 2.58. The Balaban J connectivity index is 1.99. The van der Waals surface area contributed by atoms with Crippen LogP contribution in [0.5, 0.6) is 0 Å². The molecule has 82 valence electrons. The second kappa shape index (κ2) is 4.57. The number of ether oxygens (including phenoxy) is 1. The molecule has 2 rings (SSSR count). The summed E-state index contributed by atoms with van der Waals surface area (Å²) in [4.78, 5) is 3.97. The van der Waals surface area contributed by atoms with Gasteiger partial charge in [-0.25, -0.2) is 9.37 Å². The third kappa shape index (κ3) is 2.65. The Morgan fingerprint density at radius 1 is 1.60 bits per heavy atom. The Morgan fingerprint density at radius 2 is 2.47 bits per heavy atom. The van der Waals surface area contributed by atoms with Crippen LogP contribution in [0.15, 0.2) is 18.3 Å². The van der Waals surface area contributed by atoms with Gasteiger partial charge in [0.25, 0.3) is 0 Å². The van der Waals surface area contributed by atoms with Crippen molar-refractivity contribution in [1.82, 2.24) is 4.98 Å². The van der Waals surface area contributed by atoms with E-state index in [1.165, 1.54) is 6.07 Å². The predicted octanol–water partition coefficient (Wildman–Crippen LogP) is 2.20. The van der Waals surface area contributed by atoms with Crippen molar-refractivity contribution in [3.05, 3.63) is 24.1 Å². The zero-order valence-electron chi connectivity index (χ0n) is 8.74. The van der Waals surface area contributed by atoms with Crippen LogP contribution in [-0.4, -0.2) is 23.7 Å². The molecule has 0 bridgehead atoms. The molecule has 0 aromatic carbocycles. The molecule has 0 radical (unpaired) electrons. The molecule has 0 saturated carbocycles. The van der Waals surface area contributed by atoms with Crippen LogP contribution < -0.4 is 5.32 Å². The first-order valence-electron chi connectivity index (χ1n) is 5.24. The average Bonchev–Trinajstić information content (AvgIpc) is 2.22. The zero-order chi connectivity index (χ0) is 10.7. The van der Waals surface area contributed by atoms with Crippen LogP contribution in [0.3, 0.4) is 0 Å². The van der Waals surface area contributed by atoms with Crippen molar-refractivity contribution in [1.29, 1.82) is 0 Å². The second-order valence-corrected chi connectivity index (χ2v) is 3.88. The van der Waals surface area contributed by atoms with E-state index in [-0.39, 0.29) is 18.0 Å². The molecule has 2 heterocycles. The van der Waals surface area contributed by atoms with Gasteiger partial charge in [0.1, 0.15) is 0 Å². The van der Waals surface area contributed by atoms with Crippen LogP contribution in [0.2, 0.25) is 0 Å². The van der Waals surface area contributed by atoms with Gasteiger partial charge in [-0.3, -0.25) is 0 Å². The Hall–Kier alpha value is -1.16. The Morgan fingerprint density at radius 3 is 3.20 bits per heavy atom. The number of nitrogens with one attached hydrogen (secondary N) is 1. The maximum Gasteiger partial charge on any atom is 0.165 e. The fourth-order valence-corrected chi connectivity index (χ4v) is 1.81. The first-order chi connectivity index (χ1) is 7.25. The number of pyridine rings is 1. The molecule has 1 aromatic rings. The molecule has 2 atom stereocenters. The number of anilines is 1. The van der Waals surface area contributed by atoms with E-state index in [1.54, 1.807) is 12.3 Å². The molecule has 1 aliphatic rings. The first-order valence-corrected chi connectivity index (χ1v) is 5.24. The second-order valence-electron chi connectivity index (χ2n) is 3.88. The molecule has 3 nitrogen and oxygen atoms in total.